The van der Waals surface area contributed by atoms with Crippen LogP contribution in [-0.2, 0) is 29.2 Å². The molecule has 0 unspecified atom stereocenters. The van der Waals surface area contributed by atoms with Crippen molar-refractivity contribution in [2.75, 3.05) is 26.3 Å². The number of morpholine rings is 1. The number of hydrogen-bond donors (Lipinski definition) is 1. The fraction of sp³-hybridized carbons (Fsp3) is 0.526. The number of ether oxygens (including phenoxy) is 1. The van der Waals surface area contributed by atoms with E-state index in [1.54, 1.807) is 4.68 Å². The van der Waals surface area contributed by atoms with Crippen molar-refractivity contribution in [3.63, 3.8) is 0 Å². The highest BCUT2D eigenvalue weighted by molar-refractivity contribution is 5.75. The van der Waals surface area contributed by atoms with Crippen LogP contribution >= 0.6 is 0 Å². The van der Waals surface area contributed by atoms with Crippen molar-refractivity contribution in [1.29, 1.82) is 0 Å². The molecule has 1 aliphatic heterocycles. The van der Waals surface area contributed by atoms with Crippen LogP contribution in [0, 0.1) is 6.92 Å². The van der Waals surface area contributed by atoms with Crippen molar-refractivity contribution in [2.45, 2.75) is 39.4 Å². The lowest BCUT2D eigenvalue weighted by Gasteiger charge is -2.25. The van der Waals surface area contributed by atoms with Gasteiger partial charge in [-0.15, -0.1) is 5.10 Å². The zero-order chi connectivity index (χ0) is 20.1. The van der Waals surface area contributed by atoms with Crippen molar-refractivity contribution in [1.82, 2.24) is 39.8 Å². The molecule has 154 valence electrons. The highest BCUT2D eigenvalue weighted by Gasteiger charge is 2.15. The van der Waals surface area contributed by atoms with Gasteiger partial charge in [-0.25, -0.2) is 9.67 Å². The van der Waals surface area contributed by atoms with E-state index >= 15 is 0 Å². The van der Waals surface area contributed by atoms with Crippen molar-refractivity contribution in [3.8, 4) is 0 Å². The molecule has 4 heterocycles. The van der Waals surface area contributed by atoms with E-state index in [1.165, 1.54) is 0 Å². The van der Waals surface area contributed by atoms with E-state index in [9.17, 15) is 4.79 Å². The van der Waals surface area contributed by atoms with E-state index in [0.717, 1.165) is 49.0 Å². The summed E-state index contributed by atoms with van der Waals surface area (Å²) in [5, 5.41) is 14.9. The van der Waals surface area contributed by atoms with Crippen LogP contribution in [0.3, 0.4) is 0 Å². The number of pyridine rings is 1. The first-order valence-corrected chi connectivity index (χ1v) is 9.93. The molecule has 0 radical (unpaired) electrons. The van der Waals surface area contributed by atoms with Gasteiger partial charge in [-0.05, 0) is 41.5 Å². The molecule has 0 saturated carbocycles. The summed E-state index contributed by atoms with van der Waals surface area (Å²) in [6.07, 6.45) is 5.01. The minimum absolute atomic E-state index is 0.000963. The van der Waals surface area contributed by atoms with Gasteiger partial charge in [0.15, 0.2) is 5.82 Å². The number of fused-ring (bicyclic) bond motifs is 1. The number of carbonyl (C=O) groups is 1. The molecule has 4 rings (SSSR count). The number of aromatic nitrogens is 6. The molecule has 3 aromatic heterocycles. The third kappa shape index (κ3) is 5.15. The zero-order valence-corrected chi connectivity index (χ0v) is 16.6. The highest BCUT2D eigenvalue weighted by Crippen LogP contribution is 2.08. The number of carbonyl (C=O) groups excluding carboxylic acids is 1. The lowest BCUT2D eigenvalue weighted by molar-refractivity contribution is -0.121. The number of hydrogen-bond acceptors (Lipinski definition) is 7. The molecule has 1 N–H and O–H groups in total. The van der Waals surface area contributed by atoms with Gasteiger partial charge in [-0.1, -0.05) is 0 Å². The van der Waals surface area contributed by atoms with Crippen LogP contribution in [0.1, 0.15) is 29.9 Å². The predicted octanol–water partition coefficient (Wildman–Crippen LogP) is 0.558. The first-order valence-electron chi connectivity index (χ1n) is 9.93. The molecule has 10 nitrogen and oxygen atoms in total. The van der Waals surface area contributed by atoms with E-state index in [2.05, 4.69) is 30.7 Å². The summed E-state index contributed by atoms with van der Waals surface area (Å²) in [6, 6.07) is 4.05. The second-order valence-electron chi connectivity index (χ2n) is 7.29. The summed E-state index contributed by atoms with van der Waals surface area (Å²) >= 11 is 0. The number of rotatable bonds is 8. The average Bonchev–Trinajstić information content (AvgIpc) is 3.33. The fourth-order valence-corrected chi connectivity index (χ4v) is 3.36. The van der Waals surface area contributed by atoms with Gasteiger partial charge in [0.25, 0.3) is 0 Å². The maximum Gasteiger partial charge on any atom is 0.220 e. The second-order valence-corrected chi connectivity index (χ2v) is 7.29. The smallest absolute Gasteiger partial charge is 0.220 e. The maximum absolute atomic E-state index is 12.2. The Morgan fingerprint density at radius 3 is 3.03 bits per heavy atom. The van der Waals surface area contributed by atoms with Crippen molar-refractivity contribution >= 4 is 11.6 Å². The molecule has 1 saturated heterocycles. The monoisotopic (exact) mass is 398 g/mol. The zero-order valence-electron chi connectivity index (χ0n) is 16.6. The van der Waals surface area contributed by atoms with Crippen molar-refractivity contribution in [2.24, 2.45) is 0 Å². The summed E-state index contributed by atoms with van der Waals surface area (Å²) in [4.78, 5) is 19.0. The van der Waals surface area contributed by atoms with Crippen LogP contribution in [0.5, 0.6) is 0 Å². The first-order chi connectivity index (χ1) is 14.2. The number of amides is 1. The normalized spacial score (nSPS) is 15.1. The van der Waals surface area contributed by atoms with Gasteiger partial charge in [0, 0.05) is 38.4 Å². The molecule has 0 spiro atoms. The Hall–Kier alpha value is -2.85. The van der Waals surface area contributed by atoms with Gasteiger partial charge in [0.05, 0.1) is 32.0 Å². The third-order valence-corrected chi connectivity index (χ3v) is 4.98. The summed E-state index contributed by atoms with van der Waals surface area (Å²) < 4.78 is 9.11. The summed E-state index contributed by atoms with van der Waals surface area (Å²) in [6.45, 7) is 7.04. The SMILES string of the molecule is Cc1ccn2cc(CNC(=O)CCCn3nnnc3CN3CCOCC3)nc2c1. The van der Waals surface area contributed by atoms with E-state index < -0.39 is 0 Å². The van der Waals surface area contributed by atoms with E-state index in [1.807, 2.05) is 35.9 Å². The minimum Gasteiger partial charge on any atom is -0.379 e. The highest BCUT2D eigenvalue weighted by atomic mass is 16.5. The van der Waals surface area contributed by atoms with Gasteiger partial charge in [-0.3, -0.25) is 9.69 Å². The standard InChI is InChI=1S/C19H26N8O2/c1-15-4-6-26-13-16(21-17(26)11-15)12-20-19(28)3-2-5-27-18(22-23-24-27)14-25-7-9-29-10-8-25/h4,6,11,13H,2-3,5,7-10,12,14H2,1H3,(H,20,28). The van der Waals surface area contributed by atoms with Crippen LogP contribution in [0.25, 0.3) is 5.65 Å². The molecule has 3 aromatic rings. The van der Waals surface area contributed by atoms with Crippen LogP contribution in [-0.4, -0.2) is 66.7 Å². The number of nitrogens with one attached hydrogen (secondary N) is 1. The van der Waals surface area contributed by atoms with Crippen LogP contribution < -0.4 is 5.32 Å². The molecule has 10 heteroatoms. The molecule has 0 aliphatic carbocycles. The molecule has 1 amide bonds. The lowest BCUT2D eigenvalue weighted by Crippen LogP contribution is -2.36. The Morgan fingerprint density at radius 2 is 2.17 bits per heavy atom. The molecular weight excluding hydrogens is 372 g/mol. The lowest BCUT2D eigenvalue weighted by atomic mass is 10.3. The second kappa shape index (κ2) is 9.10. The van der Waals surface area contributed by atoms with Crippen molar-refractivity contribution in [3.05, 3.63) is 41.6 Å². The maximum atomic E-state index is 12.2. The van der Waals surface area contributed by atoms with Gasteiger partial charge >= 0.3 is 0 Å². The van der Waals surface area contributed by atoms with Gasteiger partial charge in [-0.2, -0.15) is 0 Å². The van der Waals surface area contributed by atoms with Gasteiger partial charge in [0.1, 0.15) is 5.65 Å². The van der Waals surface area contributed by atoms with Gasteiger partial charge < -0.3 is 14.5 Å². The molecule has 1 aliphatic rings. The largest absolute Gasteiger partial charge is 0.379 e. The molecule has 0 atom stereocenters. The molecule has 0 aromatic carbocycles. The molecule has 0 bridgehead atoms. The van der Waals surface area contributed by atoms with Crippen LogP contribution in [0.4, 0.5) is 0 Å². The third-order valence-electron chi connectivity index (χ3n) is 4.98. The van der Waals surface area contributed by atoms with Crippen molar-refractivity contribution < 1.29 is 9.53 Å². The number of nitrogens with zero attached hydrogens (tertiary/aromatic N) is 7. The van der Waals surface area contributed by atoms with Crippen LogP contribution in [0.15, 0.2) is 24.5 Å². The average molecular weight is 398 g/mol. The number of tetrazole rings is 1. The summed E-state index contributed by atoms with van der Waals surface area (Å²) in [5.74, 6) is 0.827. The first kappa shape index (κ1) is 19.5. The summed E-state index contributed by atoms with van der Waals surface area (Å²) in [7, 11) is 0. The number of aryl methyl sites for hydroxylation is 2. The Balaban J connectivity index is 1.21. The van der Waals surface area contributed by atoms with Crippen LogP contribution in [0.2, 0.25) is 0 Å². The molecule has 1 fully saturated rings. The quantitative estimate of drug-likeness (QED) is 0.591. The van der Waals surface area contributed by atoms with E-state index in [4.69, 9.17) is 4.74 Å². The van der Waals surface area contributed by atoms with E-state index in [0.29, 0.717) is 32.5 Å². The predicted molar refractivity (Wildman–Crippen MR) is 105 cm³/mol. The minimum atomic E-state index is 0.000963. The van der Waals surface area contributed by atoms with Gasteiger partial charge in [0.2, 0.25) is 5.91 Å². The summed E-state index contributed by atoms with van der Waals surface area (Å²) in [5.41, 5.74) is 2.90. The van der Waals surface area contributed by atoms with E-state index in [-0.39, 0.29) is 5.91 Å². The topological polar surface area (TPSA) is 102 Å². The Kier molecular flexibility index (Phi) is 6.11. The molecule has 29 heavy (non-hydrogen) atoms. The molecular formula is C19H26N8O2. The number of imidazole rings is 1. The Bertz CT molecular complexity index is 960. The Labute approximate surface area is 168 Å². The Morgan fingerprint density at radius 1 is 1.31 bits per heavy atom. The fourth-order valence-electron chi connectivity index (χ4n) is 3.36.